The highest BCUT2D eigenvalue weighted by Gasteiger charge is 2.20. The molecule has 3 rings (SSSR count). The van der Waals surface area contributed by atoms with Crippen molar-refractivity contribution in [2.45, 2.75) is 38.5 Å². The maximum absolute atomic E-state index is 2.42. The van der Waals surface area contributed by atoms with Crippen molar-refractivity contribution < 1.29 is 0 Å². The molecule has 0 aliphatic heterocycles. The van der Waals surface area contributed by atoms with Crippen molar-refractivity contribution >= 4 is 0 Å². The minimum absolute atomic E-state index is 0.889. The van der Waals surface area contributed by atoms with Crippen LogP contribution in [-0.2, 0) is 12.8 Å². The van der Waals surface area contributed by atoms with E-state index in [2.05, 4.69) is 36.4 Å². The molecule has 2 aliphatic carbocycles. The highest BCUT2D eigenvalue weighted by atomic mass is 14.3. The van der Waals surface area contributed by atoms with Crippen LogP contribution in [0.4, 0.5) is 0 Å². The fourth-order valence-electron chi connectivity index (χ4n) is 3.23. The van der Waals surface area contributed by atoms with Crippen molar-refractivity contribution in [2.24, 2.45) is 11.8 Å². The van der Waals surface area contributed by atoms with Crippen LogP contribution in [0.5, 0.6) is 0 Å². The Morgan fingerprint density at radius 3 is 1.75 bits per heavy atom. The highest BCUT2D eigenvalue weighted by Crippen LogP contribution is 2.32. The first kappa shape index (κ1) is 10.1. The summed E-state index contributed by atoms with van der Waals surface area (Å²) < 4.78 is 0. The fraction of sp³-hybridized carbons (Fsp3) is 0.500. The van der Waals surface area contributed by atoms with Gasteiger partial charge in [-0.15, -0.1) is 0 Å². The molecule has 0 radical (unpaired) electrons. The minimum Gasteiger partial charge on any atom is -0.0882 e. The first-order valence-electron chi connectivity index (χ1n) is 6.63. The Balaban J connectivity index is 1.96. The Labute approximate surface area is 98.4 Å². The van der Waals surface area contributed by atoms with Gasteiger partial charge in [-0.1, -0.05) is 36.4 Å². The molecule has 0 nitrogen and oxygen atoms in total. The molecule has 84 valence electrons. The van der Waals surface area contributed by atoms with Gasteiger partial charge in [0.25, 0.3) is 0 Å². The maximum Gasteiger partial charge on any atom is -0.0245 e. The second kappa shape index (κ2) is 4.45. The van der Waals surface area contributed by atoms with E-state index in [1.165, 1.54) is 38.5 Å². The van der Waals surface area contributed by atoms with Gasteiger partial charge in [0.05, 0.1) is 0 Å². The lowest BCUT2D eigenvalue weighted by molar-refractivity contribution is 0.367. The second-order valence-electron chi connectivity index (χ2n) is 5.43. The van der Waals surface area contributed by atoms with Crippen LogP contribution in [0.25, 0.3) is 0 Å². The third kappa shape index (κ3) is 2.07. The molecule has 2 atom stereocenters. The summed E-state index contributed by atoms with van der Waals surface area (Å²) >= 11 is 0. The number of hydrogen-bond donors (Lipinski definition) is 0. The zero-order valence-corrected chi connectivity index (χ0v) is 9.86. The van der Waals surface area contributed by atoms with Gasteiger partial charge in [-0.25, -0.2) is 0 Å². The van der Waals surface area contributed by atoms with Crippen LogP contribution in [0.3, 0.4) is 0 Å². The Bertz CT molecular complexity index is 352. The molecule has 2 aliphatic rings. The monoisotopic (exact) mass is 212 g/mol. The summed E-state index contributed by atoms with van der Waals surface area (Å²) in [6.45, 7) is 0. The Morgan fingerprint density at radius 1 is 0.750 bits per heavy atom. The standard InChI is InChI=1S/C16H20/c1-2-6-14-10-9-13(5-1)11-15-7-3-4-8-16(15)12-14/h1-4,7-8,13-14H,5-6,9-12H2. The van der Waals surface area contributed by atoms with E-state index in [0.29, 0.717) is 0 Å². The molecular weight excluding hydrogens is 192 g/mol. The maximum atomic E-state index is 2.42. The Hall–Kier alpha value is -1.04. The van der Waals surface area contributed by atoms with E-state index in [9.17, 15) is 0 Å². The third-order valence-corrected chi connectivity index (χ3v) is 4.22. The lowest BCUT2D eigenvalue weighted by atomic mass is 9.78. The van der Waals surface area contributed by atoms with Gasteiger partial charge in [0, 0.05) is 0 Å². The summed E-state index contributed by atoms with van der Waals surface area (Å²) in [4.78, 5) is 0. The lowest BCUT2D eigenvalue weighted by Gasteiger charge is -2.27. The van der Waals surface area contributed by atoms with Crippen molar-refractivity contribution in [1.29, 1.82) is 0 Å². The average Bonchev–Trinajstić information content (AvgIpc) is 2.27. The van der Waals surface area contributed by atoms with E-state index >= 15 is 0 Å². The largest absolute Gasteiger partial charge is 0.0882 e. The first-order valence-corrected chi connectivity index (χ1v) is 6.63. The fourth-order valence-corrected chi connectivity index (χ4v) is 3.23. The molecule has 1 aromatic carbocycles. The van der Waals surface area contributed by atoms with Crippen molar-refractivity contribution in [3.8, 4) is 0 Å². The van der Waals surface area contributed by atoms with Crippen LogP contribution < -0.4 is 0 Å². The molecule has 16 heavy (non-hydrogen) atoms. The van der Waals surface area contributed by atoms with E-state index in [0.717, 1.165) is 11.8 Å². The number of rotatable bonds is 0. The van der Waals surface area contributed by atoms with Crippen LogP contribution in [0.2, 0.25) is 0 Å². The second-order valence-corrected chi connectivity index (χ2v) is 5.43. The number of hydrogen-bond acceptors (Lipinski definition) is 0. The quantitative estimate of drug-likeness (QED) is 0.567. The zero-order valence-electron chi connectivity index (χ0n) is 9.86. The van der Waals surface area contributed by atoms with Crippen LogP contribution in [0, 0.1) is 11.8 Å². The number of fused-ring (bicyclic) bond motifs is 4. The SMILES string of the molecule is C1=CCC2CCC(C1)Cc1ccccc1C2. The van der Waals surface area contributed by atoms with Crippen molar-refractivity contribution in [2.75, 3.05) is 0 Å². The van der Waals surface area contributed by atoms with E-state index in [-0.39, 0.29) is 0 Å². The number of allylic oxidation sites excluding steroid dienone is 2. The smallest absolute Gasteiger partial charge is 0.0245 e. The van der Waals surface area contributed by atoms with Gasteiger partial charge < -0.3 is 0 Å². The summed E-state index contributed by atoms with van der Waals surface area (Å²) in [6.07, 6.45) is 12.9. The summed E-state index contributed by atoms with van der Waals surface area (Å²) in [5.74, 6) is 1.78. The highest BCUT2D eigenvalue weighted by molar-refractivity contribution is 5.29. The normalized spacial score (nSPS) is 28.8. The van der Waals surface area contributed by atoms with E-state index in [1.54, 1.807) is 11.1 Å². The molecule has 0 aromatic heterocycles. The Morgan fingerprint density at radius 2 is 1.25 bits per heavy atom. The van der Waals surface area contributed by atoms with Crippen LogP contribution in [0.1, 0.15) is 36.8 Å². The summed E-state index contributed by atoms with van der Waals surface area (Å²) in [5.41, 5.74) is 3.24. The van der Waals surface area contributed by atoms with Gasteiger partial charge in [-0.05, 0) is 61.5 Å². The topological polar surface area (TPSA) is 0 Å². The van der Waals surface area contributed by atoms with Crippen LogP contribution >= 0.6 is 0 Å². The predicted octanol–water partition coefficient (Wildman–Crippen LogP) is 4.15. The van der Waals surface area contributed by atoms with Gasteiger partial charge in [0.1, 0.15) is 0 Å². The molecule has 2 bridgehead atoms. The number of benzene rings is 1. The van der Waals surface area contributed by atoms with Crippen molar-refractivity contribution in [3.63, 3.8) is 0 Å². The van der Waals surface area contributed by atoms with E-state index in [1.807, 2.05) is 0 Å². The van der Waals surface area contributed by atoms with Gasteiger partial charge in [0.2, 0.25) is 0 Å². The molecule has 0 saturated carbocycles. The Kier molecular flexibility index (Phi) is 2.82. The molecule has 0 heterocycles. The van der Waals surface area contributed by atoms with Crippen molar-refractivity contribution in [1.82, 2.24) is 0 Å². The minimum atomic E-state index is 0.889. The van der Waals surface area contributed by atoms with Crippen LogP contribution in [0.15, 0.2) is 36.4 Å². The van der Waals surface area contributed by atoms with Gasteiger partial charge in [0.15, 0.2) is 0 Å². The molecule has 0 heteroatoms. The molecule has 0 spiro atoms. The van der Waals surface area contributed by atoms with Gasteiger partial charge >= 0.3 is 0 Å². The lowest BCUT2D eigenvalue weighted by Crippen LogP contribution is -2.17. The van der Waals surface area contributed by atoms with Crippen molar-refractivity contribution in [3.05, 3.63) is 47.5 Å². The van der Waals surface area contributed by atoms with E-state index in [4.69, 9.17) is 0 Å². The van der Waals surface area contributed by atoms with Crippen LogP contribution in [-0.4, -0.2) is 0 Å². The molecule has 0 fully saturated rings. The summed E-state index contributed by atoms with van der Waals surface area (Å²) in [6, 6.07) is 9.09. The van der Waals surface area contributed by atoms with Gasteiger partial charge in [-0.3, -0.25) is 0 Å². The first-order chi connectivity index (χ1) is 7.92. The molecule has 0 saturated heterocycles. The third-order valence-electron chi connectivity index (χ3n) is 4.22. The molecule has 0 amide bonds. The summed E-state index contributed by atoms with van der Waals surface area (Å²) in [5, 5.41) is 0. The van der Waals surface area contributed by atoms with E-state index < -0.39 is 0 Å². The molecule has 0 N–H and O–H groups in total. The molecule has 2 unspecified atom stereocenters. The summed E-state index contributed by atoms with van der Waals surface area (Å²) in [7, 11) is 0. The molecular formula is C16H20. The van der Waals surface area contributed by atoms with Gasteiger partial charge in [-0.2, -0.15) is 0 Å². The predicted molar refractivity (Wildman–Crippen MR) is 68.4 cm³/mol. The molecule has 1 aromatic rings. The average molecular weight is 212 g/mol. The zero-order chi connectivity index (χ0) is 10.8.